The number of aromatic nitrogens is 1. The van der Waals surface area contributed by atoms with Gasteiger partial charge in [0.05, 0.1) is 17.3 Å². The fraction of sp³-hybridized carbons (Fsp3) is 0.583. The maximum Gasteiger partial charge on any atom is 0.0781 e. The summed E-state index contributed by atoms with van der Waals surface area (Å²) < 4.78 is 3.39. The first-order valence-electron chi connectivity index (χ1n) is 6.05. The van der Waals surface area contributed by atoms with E-state index in [0.29, 0.717) is 0 Å². The number of pyridine rings is 1. The van der Waals surface area contributed by atoms with Crippen LogP contribution in [0.2, 0.25) is 0 Å². The van der Waals surface area contributed by atoms with Gasteiger partial charge in [0.1, 0.15) is 0 Å². The van der Waals surface area contributed by atoms with Crippen LogP contribution in [-0.4, -0.2) is 17.7 Å². The van der Waals surface area contributed by atoms with Crippen molar-refractivity contribution < 1.29 is 0 Å². The highest BCUT2D eigenvalue weighted by molar-refractivity contribution is 7.97. The Kier molecular flexibility index (Phi) is 3.02. The molecule has 0 saturated heterocycles. The van der Waals surface area contributed by atoms with Gasteiger partial charge in [0.2, 0.25) is 0 Å². The largest absolute Gasteiger partial charge is 0.354 e. The number of rotatable bonds is 1. The van der Waals surface area contributed by atoms with Crippen LogP contribution in [0.1, 0.15) is 32.1 Å². The maximum atomic E-state index is 4.19. The summed E-state index contributed by atoms with van der Waals surface area (Å²) in [5, 5.41) is 0. The Labute approximate surface area is 101 Å². The molecule has 1 aliphatic heterocycles. The summed E-state index contributed by atoms with van der Waals surface area (Å²) in [6.45, 7) is 0.965. The Balaban J connectivity index is 1.86. The van der Waals surface area contributed by atoms with Gasteiger partial charge in [-0.3, -0.25) is 4.98 Å². The summed E-state index contributed by atoms with van der Waals surface area (Å²) in [4.78, 5) is 7.97. The topological polar surface area (TPSA) is 28.2 Å². The number of hydrogen-bond acceptors (Lipinski definition) is 4. The van der Waals surface area contributed by atoms with E-state index in [4.69, 9.17) is 0 Å². The number of nitrogens with zero attached hydrogens (tertiary/aromatic N) is 2. The smallest absolute Gasteiger partial charge is 0.0781 e. The molecule has 1 saturated carbocycles. The van der Waals surface area contributed by atoms with Gasteiger partial charge in [0.15, 0.2) is 0 Å². The van der Waals surface area contributed by atoms with Crippen LogP contribution in [0.3, 0.4) is 0 Å². The Morgan fingerprint density at radius 3 is 3.06 bits per heavy atom. The summed E-state index contributed by atoms with van der Waals surface area (Å²) in [6.07, 6.45) is 10.7. The normalized spacial score (nSPS) is 21.9. The molecule has 0 atom stereocenters. The molecule has 1 N–H and O–H groups in total. The van der Waals surface area contributed by atoms with Crippen LogP contribution >= 0.6 is 11.9 Å². The summed E-state index contributed by atoms with van der Waals surface area (Å²) in [7, 11) is 0. The highest BCUT2D eigenvalue weighted by Gasteiger charge is 2.25. The van der Waals surface area contributed by atoms with E-state index in [1.54, 1.807) is 11.9 Å². The zero-order chi connectivity index (χ0) is 10.8. The molecule has 0 amide bonds. The summed E-state index contributed by atoms with van der Waals surface area (Å²) in [6, 6.07) is 2.88. The summed E-state index contributed by atoms with van der Waals surface area (Å²) in [5.74, 6) is 0. The second-order valence-electron chi connectivity index (χ2n) is 4.51. The lowest BCUT2D eigenvalue weighted by molar-refractivity contribution is 0.411. The Hall–Kier alpha value is -0.740. The van der Waals surface area contributed by atoms with Crippen molar-refractivity contribution in [1.29, 1.82) is 0 Å². The van der Waals surface area contributed by atoms with Crippen molar-refractivity contribution in [1.82, 2.24) is 9.71 Å². The van der Waals surface area contributed by atoms with Crippen molar-refractivity contribution in [3.8, 4) is 0 Å². The van der Waals surface area contributed by atoms with Gasteiger partial charge < -0.3 is 4.90 Å². The van der Waals surface area contributed by atoms with E-state index in [2.05, 4.69) is 20.7 Å². The second kappa shape index (κ2) is 4.63. The molecule has 3 nitrogen and oxygen atoms in total. The molecule has 1 aromatic rings. The first-order valence-corrected chi connectivity index (χ1v) is 6.87. The van der Waals surface area contributed by atoms with E-state index >= 15 is 0 Å². The number of fused-ring (bicyclic) bond motifs is 1. The SMILES string of the molecule is c1cc2c(cn1)SNCN2C1CCCCC1. The van der Waals surface area contributed by atoms with Crippen LogP contribution < -0.4 is 9.62 Å². The third-order valence-corrected chi connectivity index (χ3v) is 4.31. The lowest BCUT2D eigenvalue weighted by Crippen LogP contribution is -2.43. The van der Waals surface area contributed by atoms with Gasteiger partial charge in [0, 0.05) is 18.4 Å². The van der Waals surface area contributed by atoms with Gasteiger partial charge in [-0.2, -0.15) is 0 Å². The van der Waals surface area contributed by atoms with E-state index in [9.17, 15) is 0 Å². The number of nitrogens with one attached hydrogen (secondary N) is 1. The molecule has 0 aromatic carbocycles. The first-order chi connectivity index (χ1) is 7.95. The molecule has 4 heteroatoms. The quantitative estimate of drug-likeness (QED) is 0.758. The molecule has 2 aliphatic rings. The van der Waals surface area contributed by atoms with Crippen molar-refractivity contribution in [3.63, 3.8) is 0 Å². The van der Waals surface area contributed by atoms with E-state index in [1.807, 2.05) is 12.4 Å². The van der Waals surface area contributed by atoms with Gasteiger partial charge in [-0.15, -0.1) is 0 Å². The van der Waals surface area contributed by atoms with Gasteiger partial charge in [-0.05, 0) is 30.9 Å². The zero-order valence-electron chi connectivity index (χ0n) is 9.35. The highest BCUT2D eigenvalue weighted by atomic mass is 32.2. The summed E-state index contributed by atoms with van der Waals surface area (Å²) in [5.41, 5.74) is 1.37. The van der Waals surface area contributed by atoms with Crippen molar-refractivity contribution in [2.45, 2.75) is 43.0 Å². The van der Waals surface area contributed by atoms with E-state index < -0.39 is 0 Å². The average Bonchev–Trinajstić information content (AvgIpc) is 2.39. The van der Waals surface area contributed by atoms with E-state index in [0.717, 1.165) is 12.7 Å². The Bertz CT molecular complexity index is 363. The molecular weight excluding hydrogens is 218 g/mol. The predicted molar refractivity (Wildman–Crippen MR) is 67.4 cm³/mol. The second-order valence-corrected chi connectivity index (χ2v) is 5.44. The minimum atomic E-state index is 0.725. The Morgan fingerprint density at radius 1 is 1.31 bits per heavy atom. The van der Waals surface area contributed by atoms with Crippen molar-refractivity contribution in [3.05, 3.63) is 18.5 Å². The fourth-order valence-corrected chi connectivity index (χ4v) is 3.43. The predicted octanol–water partition coefficient (Wildman–Crippen LogP) is 2.79. The van der Waals surface area contributed by atoms with Crippen LogP contribution in [0.5, 0.6) is 0 Å². The summed E-state index contributed by atoms with van der Waals surface area (Å²) >= 11 is 1.70. The molecule has 1 fully saturated rings. The third kappa shape index (κ3) is 1.92. The van der Waals surface area contributed by atoms with Crippen molar-refractivity contribution in [2.75, 3.05) is 11.6 Å². The highest BCUT2D eigenvalue weighted by Crippen LogP contribution is 2.35. The van der Waals surface area contributed by atoms with Crippen molar-refractivity contribution in [2.24, 2.45) is 0 Å². The monoisotopic (exact) mass is 235 g/mol. The molecule has 0 unspecified atom stereocenters. The molecule has 0 bridgehead atoms. The van der Waals surface area contributed by atoms with Gasteiger partial charge in [-0.25, -0.2) is 4.72 Å². The lowest BCUT2D eigenvalue weighted by Gasteiger charge is -2.39. The minimum Gasteiger partial charge on any atom is -0.354 e. The molecule has 2 heterocycles. The van der Waals surface area contributed by atoms with Gasteiger partial charge >= 0.3 is 0 Å². The van der Waals surface area contributed by atoms with Crippen LogP contribution in [0, 0.1) is 0 Å². The number of hydrogen-bond donors (Lipinski definition) is 1. The first kappa shape index (κ1) is 10.4. The average molecular weight is 235 g/mol. The molecular formula is C12H17N3S. The van der Waals surface area contributed by atoms with Crippen LogP contribution in [0.15, 0.2) is 23.4 Å². The van der Waals surface area contributed by atoms with E-state index in [-0.39, 0.29) is 0 Å². The van der Waals surface area contributed by atoms with Gasteiger partial charge in [-0.1, -0.05) is 19.3 Å². The standard InChI is InChI=1S/C12H17N3S/c1-2-4-10(5-3-1)15-9-14-16-12-8-13-7-6-11(12)15/h6-8,10,14H,1-5,9H2. The molecule has 0 spiro atoms. The van der Waals surface area contributed by atoms with Gasteiger partial charge in [0.25, 0.3) is 0 Å². The van der Waals surface area contributed by atoms with Crippen molar-refractivity contribution >= 4 is 17.6 Å². The number of anilines is 1. The zero-order valence-corrected chi connectivity index (χ0v) is 10.2. The lowest BCUT2D eigenvalue weighted by atomic mass is 9.94. The molecule has 16 heavy (non-hydrogen) atoms. The molecule has 86 valence electrons. The fourth-order valence-electron chi connectivity index (χ4n) is 2.67. The molecule has 1 aliphatic carbocycles. The third-order valence-electron chi connectivity index (χ3n) is 3.50. The maximum absolute atomic E-state index is 4.19. The molecule has 1 aromatic heterocycles. The van der Waals surface area contributed by atoms with Crippen LogP contribution in [0.4, 0.5) is 5.69 Å². The van der Waals surface area contributed by atoms with E-state index in [1.165, 1.54) is 42.7 Å². The molecule has 0 radical (unpaired) electrons. The van der Waals surface area contributed by atoms with Crippen LogP contribution in [0.25, 0.3) is 0 Å². The Morgan fingerprint density at radius 2 is 2.19 bits per heavy atom. The molecule has 3 rings (SSSR count). The van der Waals surface area contributed by atoms with Crippen LogP contribution in [-0.2, 0) is 0 Å². The minimum absolute atomic E-state index is 0.725.